The molecule has 0 heterocycles. The van der Waals surface area contributed by atoms with Gasteiger partial charge in [-0.25, -0.2) is 0 Å². The summed E-state index contributed by atoms with van der Waals surface area (Å²) in [5.74, 6) is 0.387. The second-order valence-electron chi connectivity index (χ2n) is 5.81. The van der Waals surface area contributed by atoms with E-state index in [1.165, 1.54) is 6.92 Å². The van der Waals surface area contributed by atoms with Gasteiger partial charge in [-0.3, -0.25) is 4.79 Å². The van der Waals surface area contributed by atoms with Crippen molar-refractivity contribution in [1.29, 1.82) is 0 Å². The molecule has 0 saturated heterocycles. The predicted molar refractivity (Wildman–Crippen MR) is 79.4 cm³/mol. The summed E-state index contributed by atoms with van der Waals surface area (Å²) in [6.07, 6.45) is 0.723. The Morgan fingerprint density at radius 2 is 2.11 bits per heavy atom. The SMILES string of the molecule is CC(=O)c1ccc(NCC(C)(O)CC(C)C)cc1N. The molecule has 0 amide bonds. The van der Waals surface area contributed by atoms with Gasteiger partial charge < -0.3 is 16.2 Å². The minimum atomic E-state index is -0.762. The average Bonchev–Trinajstić information content (AvgIpc) is 2.24. The van der Waals surface area contributed by atoms with Crippen molar-refractivity contribution in [3.8, 4) is 0 Å². The molecule has 0 aliphatic carbocycles. The van der Waals surface area contributed by atoms with Gasteiger partial charge in [-0.15, -0.1) is 0 Å². The second-order valence-corrected chi connectivity index (χ2v) is 5.81. The third kappa shape index (κ3) is 4.91. The maximum absolute atomic E-state index is 11.3. The van der Waals surface area contributed by atoms with Crippen molar-refractivity contribution >= 4 is 17.2 Å². The zero-order chi connectivity index (χ0) is 14.6. The second kappa shape index (κ2) is 6.06. The van der Waals surface area contributed by atoms with Gasteiger partial charge in [0.2, 0.25) is 0 Å². The van der Waals surface area contributed by atoms with Crippen LogP contribution in [-0.4, -0.2) is 23.0 Å². The van der Waals surface area contributed by atoms with Crippen molar-refractivity contribution in [1.82, 2.24) is 0 Å². The first-order chi connectivity index (χ1) is 8.71. The van der Waals surface area contributed by atoms with Crippen LogP contribution in [0.3, 0.4) is 0 Å². The van der Waals surface area contributed by atoms with Gasteiger partial charge in [-0.05, 0) is 44.4 Å². The highest BCUT2D eigenvalue weighted by Gasteiger charge is 2.21. The number of hydrogen-bond acceptors (Lipinski definition) is 4. The molecule has 0 bridgehead atoms. The Labute approximate surface area is 115 Å². The minimum Gasteiger partial charge on any atom is -0.398 e. The van der Waals surface area contributed by atoms with Gasteiger partial charge in [0.15, 0.2) is 5.78 Å². The first-order valence-electron chi connectivity index (χ1n) is 6.58. The molecule has 0 radical (unpaired) electrons. The molecule has 0 aromatic heterocycles. The number of benzene rings is 1. The number of hydrogen-bond donors (Lipinski definition) is 3. The van der Waals surface area contributed by atoms with Crippen LogP contribution >= 0.6 is 0 Å². The van der Waals surface area contributed by atoms with Gasteiger partial charge in [-0.2, -0.15) is 0 Å². The Bertz CT molecular complexity index is 453. The highest BCUT2D eigenvalue weighted by molar-refractivity contribution is 5.99. The standard InChI is InChI=1S/C15H24N2O2/c1-10(2)8-15(4,19)9-17-12-5-6-13(11(3)18)14(16)7-12/h5-7,10,17,19H,8-9,16H2,1-4H3. The molecule has 0 spiro atoms. The van der Waals surface area contributed by atoms with Crippen LogP contribution < -0.4 is 11.1 Å². The lowest BCUT2D eigenvalue weighted by molar-refractivity contribution is 0.0515. The van der Waals surface area contributed by atoms with Crippen LogP contribution in [0.15, 0.2) is 18.2 Å². The van der Waals surface area contributed by atoms with E-state index in [-0.39, 0.29) is 5.78 Å². The number of nitrogen functional groups attached to an aromatic ring is 1. The van der Waals surface area contributed by atoms with Crippen LogP contribution in [0.2, 0.25) is 0 Å². The van der Waals surface area contributed by atoms with Gasteiger partial charge in [-0.1, -0.05) is 13.8 Å². The number of ketones is 1. The van der Waals surface area contributed by atoms with Crippen molar-refractivity contribution in [2.45, 2.75) is 39.7 Å². The lowest BCUT2D eigenvalue weighted by atomic mass is 9.94. The van der Waals surface area contributed by atoms with E-state index in [9.17, 15) is 9.90 Å². The summed E-state index contributed by atoms with van der Waals surface area (Å²) in [4.78, 5) is 11.3. The number of rotatable bonds is 6. The van der Waals surface area contributed by atoms with Crippen molar-refractivity contribution < 1.29 is 9.90 Å². The highest BCUT2D eigenvalue weighted by atomic mass is 16.3. The third-order valence-electron chi connectivity index (χ3n) is 2.95. The molecule has 0 aliphatic heterocycles. The normalized spacial score (nSPS) is 14.2. The van der Waals surface area contributed by atoms with Gasteiger partial charge in [0.05, 0.1) is 5.60 Å². The Balaban J connectivity index is 2.69. The fraction of sp³-hybridized carbons (Fsp3) is 0.533. The van der Waals surface area contributed by atoms with Crippen LogP contribution in [0.5, 0.6) is 0 Å². The van der Waals surface area contributed by atoms with Gasteiger partial charge in [0, 0.05) is 23.5 Å². The van der Waals surface area contributed by atoms with E-state index in [4.69, 9.17) is 5.73 Å². The summed E-state index contributed by atoms with van der Waals surface area (Å²) in [5.41, 5.74) is 6.86. The average molecular weight is 264 g/mol. The van der Waals surface area contributed by atoms with Gasteiger partial charge >= 0.3 is 0 Å². The number of carbonyl (C=O) groups is 1. The molecule has 4 N–H and O–H groups in total. The number of Topliss-reactive ketones (excluding diaryl/α,β-unsaturated/α-hetero) is 1. The quantitative estimate of drug-likeness (QED) is 0.545. The lowest BCUT2D eigenvalue weighted by Crippen LogP contribution is -2.34. The number of nitrogens with two attached hydrogens (primary N) is 1. The molecule has 1 unspecified atom stereocenters. The molecular weight excluding hydrogens is 240 g/mol. The molecular formula is C15H24N2O2. The van der Waals surface area contributed by atoms with Crippen LogP contribution in [0, 0.1) is 5.92 Å². The first kappa shape index (κ1) is 15.5. The number of carbonyl (C=O) groups excluding carboxylic acids is 1. The number of anilines is 2. The molecule has 1 aromatic rings. The van der Waals surface area contributed by atoms with Crippen LogP contribution in [0.4, 0.5) is 11.4 Å². The molecule has 0 saturated carbocycles. The van der Waals surface area contributed by atoms with E-state index in [2.05, 4.69) is 19.2 Å². The van der Waals surface area contributed by atoms with Crippen LogP contribution in [0.1, 0.15) is 44.5 Å². The van der Waals surface area contributed by atoms with E-state index in [0.29, 0.717) is 23.7 Å². The predicted octanol–water partition coefficient (Wildman–Crippen LogP) is 2.68. The Morgan fingerprint density at radius 3 is 2.58 bits per heavy atom. The molecule has 1 atom stereocenters. The molecule has 4 nitrogen and oxygen atoms in total. The van der Waals surface area contributed by atoms with E-state index >= 15 is 0 Å². The lowest BCUT2D eigenvalue weighted by Gasteiger charge is -2.26. The Kier molecular flexibility index (Phi) is 4.95. The summed E-state index contributed by atoms with van der Waals surface area (Å²) in [5, 5.41) is 13.4. The fourth-order valence-electron chi connectivity index (χ4n) is 2.24. The van der Waals surface area contributed by atoms with Gasteiger partial charge in [0.1, 0.15) is 0 Å². The molecule has 1 rings (SSSR count). The van der Waals surface area contributed by atoms with Crippen molar-refractivity contribution in [3.05, 3.63) is 23.8 Å². The summed E-state index contributed by atoms with van der Waals surface area (Å²) < 4.78 is 0. The first-order valence-corrected chi connectivity index (χ1v) is 6.58. The van der Waals surface area contributed by atoms with E-state index in [1.807, 2.05) is 6.92 Å². The molecule has 1 aromatic carbocycles. The zero-order valence-corrected chi connectivity index (χ0v) is 12.2. The van der Waals surface area contributed by atoms with Crippen molar-refractivity contribution in [3.63, 3.8) is 0 Å². The molecule has 0 fully saturated rings. The van der Waals surface area contributed by atoms with Gasteiger partial charge in [0.25, 0.3) is 0 Å². The fourth-order valence-corrected chi connectivity index (χ4v) is 2.24. The summed E-state index contributed by atoms with van der Waals surface area (Å²) in [6.45, 7) is 7.91. The Morgan fingerprint density at radius 1 is 1.47 bits per heavy atom. The smallest absolute Gasteiger partial charge is 0.161 e. The summed E-state index contributed by atoms with van der Waals surface area (Å²) in [6, 6.07) is 5.23. The van der Waals surface area contributed by atoms with E-state index < -0.39 is 5.60 Å². The van der Waals surface area contributed by atoms with E-state index in [1.54, 1.807) is 18.2 Å². The topological polar surface area (TPSA) is 75.3 Å². The van der Waals surface area contributed by atoms with E-state index in [0.717, 1.165) is 12.1 Å². The third-order valence-corrected chi connectivity index (χ3v) is 2.95. The highest BCUT2D eigenvalue weighted by Crippen LogP contribution is 2.21. The van der Waals surface area contributed by atoms with Crippen molar-refractivity contribution in [2.24, 2.45) is 5.92 Å². The molecule has 0 aliphatic rings. The molecule has 19 heavy (non-hydrogen) atoms. The molecule has 106 valence electrons. The maximum Gasteiger partial charge on any atom is 0.161 e. The van der Waals surface area contributed by atoms with Crippen molar-refractivity contribution in [2.75, 3.05) is 17.6 Å². The maximum atomic E-state index is 11.3. The summed E-state index contributed by atoms with van der Waals surface area (Å²) in [7, 11) is 0. The minimum absolute atomic E-state index is 0.0455. The monoisotopic (exact) mass is 264 g/mol. The Hall–Kier alpha value is -1.55. The van der Waals surface area contributed by atoms with Crippen LogP contribution in [0.25, 0.3) is 0 Å². The number of nitrogens with one attached hydrogen (secondary N) is 1. The zero-order valence-electron chi connectivity index (χ0n) is 12.2. The largest absolute Gasteiger partial charge is 0.398 e. The number of aliphatic hydroxyl groups is 1. The summed E-state index contributed by atoms with van der Waals surface area (Å²) >= 11 is 0. The van der Waals surface area contributed by atoms with Crippen LogP contribution in [-0.2, 0) is 0 Å². The molecule has 4 heteroatoms.